The minimum atomic E-state index is -0.376. The molecule has 2 heterocycles. The number of hydrogen-bond donors (Lipinski definition) is 2. The molecule has 0 aliphatic rings. The summed E-state index contributed by atoms with van der Waals surface area (Å²) in [5.41, 5.74) is 2.28. The first-order valence-corrected chi connectivity index (χ1v) is 8.86. The van der Waals surface area contributed by atoms with Crippen molar-refractivity contribution in [2.24, 2.45) is 0 Å². The van der Waals surface area contributed by atoms with Gasteiger partial charge in [-0.2, -0.15) is 4.37 Å². The molecule has 3 aromatic rings. The molecule has 0 unspecified atom stereocenters. The first kappa shape index (κ1) is 18.0. The normalized spacial score (nSPS) is 10.4. The monoisotopic (exact) mass is 386 g/mol. The van der Waals surface area contributed by atoms with Gasteiger partial charge in [-0.25, -0.2) is 4.98 Å². The van der Waals surface area contributed by atoms with E-state index in [1.165, 1.54) is 0 Å². The highest BCUT2D eigenvalue weighted by molar-refractivity contribution is 7.11. The molecule has 3 rings (SSSR count). The average molecular weight is 387 g/mol. The number of benzene rings is 1. The number of nitrogens with zero attached hydrogens (tertiary/aromatic N) is 2. The van der Waals surface area contributed by atoms with Crippen molar-refractivity contribution in [1.82, 2.24) is 9.36 Å². The Hall–Kier alpha value is -2.77. The minimum Gasteiger partial charge on any atom is -0.312 e. The van der Waals surface area contributed by atoms with Crippen LogP contribution in [0.15, 0.2) is 42.6 Å². The van der Waals surface area contributed by atoms with Gasteiger partial charge in [-0.05, 0) is 61.3 Å². The molecule has 1 aromatic carbocycles. The summed E-state index contributed by atoms with van der Waals surface area (Å²) in [5.74, 6) is -0.284. The second-order valence-electron chi connectivity index (χ2n) is 5.61. The van der Waals surface area contributed by atoms with Crippen molar-refractivity contribution >= 4 is 45.8 Å². The van der Waals surface area contributed by atoms with Crippen molar-refractivity contribution in [3.63, 3.8) is 0 Å². The lowest BCUT2D eigenvalue weighted by Gasteiger charge is -2.08. The molecule has 6 nitrogen and oxygen atoms in total. The number of halogens is 1. The fourth-order valence-electron chi connectivity index (χ4n) is 2.22. The summed E-state index contributed by atoms with van der Waals surface area (Å²) in [6, 6.07) is 10.1. The number of pyridine rings is 1. The van der Waals surface area contributed by atoms with E-state index in [2.05, 4.69) is 20.0 Å². The van der Waals surface area contributed by atoms with Gasteiger partial charge >= 0.3 is 0 Å². The van der Waals surface area contributed by atoms with Crippen molar-refractivity contribution < 1.29 is 9.59 Å². The summed E-state index contributed by atoms with van der Waals surface area (Å²) < 4.78 is 4.18. The van der Waals surface area contributed by atoms with Crippen LogP contribution in [0.4, 0.5) is 10.8 Å². The SMILES string of the molecule is Cc1ccc(NC(=O)c2c(C)nsc2NC(=O)c2ccc(Cl)cc2)nc1. The molecule has 0 spiro atoms. The number of amides is 2. The molecule has 0 fully saturated rings. The van der Waals surface area contributed by atoms with Gasteiger partial charge in [0, 0.05) is 16.8 Å². The molecule has 0 aliphatic heterocycles. The lowest BCUT2D eigenvalue weighted by atomic mass is 10.2. The zero-order valence-electron chi connectivity index (χ0n) is 14.0. The molecular formula is C18H15ClN4O2S. The number of aryl methyl sites for hydroxylation is 2. The molecule has 2 aromatic heterocycles. The quantitative estimate of drug-likeness (QED) is 0.699. The van der Waals surface area contributed by atoms with Crippen LogP contribution in [0.2, 0.25) is 5.02 Å². The summed E-state index contributed by atoms with van der Waals surface area (Å²) in [4.78, 5) is 29.2. The highest BCUT2D eigenvalue weighted by Crippen LogP contribution is 2.26. The Kier molecular flexibility index (Phi) is 5.29. The van der Waals surface area contributed by atoms with E-state index in [9.17, 15) is 9.59 Å². The Balaban J connectivity index is 1.79. The molecule has 0 aliphatic carbocycles. The van der Waals surface area contributed by atoms with E-state index in [0.29, 0.717) is 32.7 Å². The van der Waals surface area contributed by atoms with Crippen LogP contribution in [0.5, 0.6) is 0 Å². The van der Waals surface area contributed by atoms with E-state index in [-0.39, 0.29) is 11.8 Å². The van der Waals surface area contributed by atoms with Gasteiger partial charge in [0.05, 0.1) is 11.3 Å². The zero-order valence-corrected chi connectivity index (χ0v) is 15.6. The Morgan fingerprint density at radius 3 is 2.38 bits per heavy atom. The standard InChI is InChI=1S/C18H15ClN4O2S/c1-10-3-8-14(20-9-10)21-17(25)15-11(2)23-26-18(15)22-16(24)12-4-6-13(19)7-5-12/h3-9H,1-2H3,(H,22,24)(H,20,21,25). The summed E-state index contributed by atoms with van der Waals surface area (Å²) in [7, 11) is 0. The van der Waals surface area contributed by atoms with Crippen LogP contribution < -0.4 is 10.6 Å². The third-order valence-electron chi connectivity index (χ3n) is 3.58. The van der Waals surface area contributed by atoms with Crippen LogP contribution in [-0.4, -0.2) is 21.2 Å². The van der Waals surface area contributed by atoms with Gasteiger partial charge in [-0.3, -0.25) is 9.59 Å². The van der Waals surface area contributed by atoms with Crippen LogP contribution >= 0.6 is 23.1 Å². The molecule has 0 bridgehead atoms. The molecule has 26 heavy (non-hydrogen) atoms. The van der Waals surface area contributed by atoms with Gasteiger partial charge in [0.2, 0.25) is 0 Å². The van der Waals surface area contributed by atoms with Crippen LogP contribution in [0.25, 0.3) is 0 Å². The van der Waals surface area contributed by atoms with Crippen molar-refractivity contribution in [2.45, 2.75) is 13.8 Å². The Morgan fingerprint density at radius 1 is 1.00 bits per heavy atom. The number of anilines is 2. The molecule has 2 amide bonds. The summed E-state index contributed by atoms with van der Waals surface area (Å²) >= 11 is 6.89. The first-order valence-electron chi connectivity index (χ1n) is 7.71. The lowest BCUT2D eigenvalue weighted by molar-refractivity contribution is 0.102. The van der Waals surface area contributed by atoms with Gasteiger partial charge in [0.25, 0.3) is 11.8 Å². The Bertz CT molecular complexity index is 952. The predicted octanol–water partition coefficient (Wildman–Crippen LogP) is 4.31. The smallest absolute Gasteiger partial charge is 0.261 e. The number of aromatic nitrogens is 2. The van der Waals surface area contributed by atoms with E-state index in [1.54, 1.807) is 43.5 Å². The van der Waals surface area contributed by atoms with E-state index < -0.39 is 0 Å². The zero-order chi connectivity index (χ0) is 18.7. The molecule has 2 N–H and O–H groups in total. The average Bonchev–Trinajstić information content (AvgIpc) is 2.98. The van der Waals surface area contributed by atoms with E-state index in [4.69, 9.17) is 11.6 Å². The summed E-state index contributed by atoms with van der Waals surface area (Å²) in [5, 5.41) is 6.38. The van der Waals surface area contributed by atoms with Crippen LogP contribution in [-0.2, 0) is 0 Å². The number of hydrogen-bond acceptors (Lipinski definition) is 5. The Labute approximate surface area is 159 Å². The summed E-state index contributed by atoms with van der Waals surface area (Å²) in [6.07, 6.45) is 1.66. The van der Waals surface area contributed by atoms with Crippen molar-refractivity contribution in [2.75, 3.05) is 10.6 Å². The maximum absolute atomic E-state index is 12.6. The number of nitrogens with one attached hydrogen (secondary N) is 2. The van der Waals surface area contributed by atoms with Gasteiger partial charge in [-0.1, -0.05) is 17.7 Å². The van der Waals surface area contributed by atoms with Crippen LogP contribution in [0.3, 0.4) is 0 Å². The molecule has 132 valence electrons. The topological polar surface area (TPSA) is 84.0 Å². The largest absolute Gasteiger partial charge is 0.312 e. The number of rotatable bonds is 4. The maximum Gasteiger partial charge on any atom is 0.261 e. The number of carbonyl (C=O) groups is 2. The van der Waals surface area contributed by atoms with Crippen molar-refractivity contribution in [3.05, 3.63) is 70.0 Å². The van der Waals surface area contributed by atoms with E-state index >= 15 is 0 Å². The molecule has 8 heteroatoms. The van der Waals surface area contributed by atoms with Gasteiger partial charge < -0.3 is 10.6 Å². The van der Waals surface area contributed by atoms with Crippen molar-refractivity contribution in [1.29, 1.82) is 0 Å². The third-order valence-corrected chi connectivity index (χ3v) is 4.68. The first-order chi connectivity index (χ1) is 12.4. The number of carbonyl (C=O) groups excluding carboxylic acids is 2. The van der Waals surface area contributed by atoms with Crippen LogP contribution in [0.1, 0.15) is 32.0 Å². The van der Waals surface area contributed by atoms with Gasteiger partial charge in [-0.15, -0.1) is 0 Å². The fraction of sp³-hybridized carbons (Fsp3) is 0.111. The van der Waals surface area contributed by atoms with E-state index in [1.807, 2.05) is 13.0 Å². The molecular weight excluding hydrogens is 372 g/mol. The lowest BCUT2D eigenvalue weighted by Crippen LogP contribution is -2.18. The van der Waals surface area contributed by atoms with E-state index in [0.717, 1.165) is 17.1 Å². The van der Waals surface area contributed by atoms with Crippen LogP contribution in [0, 0.1) is 13.8 Å². The minimum absolute atomic E-state index is 0.319. The summed E-state index contributed by atoms with van der Waals surface area (Å²) in [6.45, 7) is 3.63. The second-order valence-corrected chi connectivity index (χ2v) is 6.82. The maximum atomic E-state index is 12.6. The molecule has 0 saturated carbocycles. The Morgan fingerprint density at radius 2 is 1.73 bits per heavy atom. The third kappa shape index (κ3) is 4.07. The fourth-order valence-corrected chi connectivity index (χ4v) is 3.14. The van der Waals surface area contributed by atoms with Gasteiger partial charge in [0.15, 0.2) is 0 Å². The highest BCUT2D eigenvalue weighted by atomic mass is 35.5. The highest BCUT2D eigenvalue weighted by Gasteiger charge is 2.21. The predicted molar refractivity (Wildman–Crippen MR) is 103 cm³/mol. The van der Waals surface area contributed by atoms with Gasteiger partial charge in [0.1, 0.15) is 10.8 Å². The second kappa shape index (κ2) is 7.63. The van der Waals surface area contributed by atoms with Crippen molar-refractivity contribution in [3.8, 4) is 0 Å². The molecule has 0 atom stereocenters. The molecule has 0 radical (unpaired) electrons. The molecule has 0 saturated heterocycles.